The molecular weight excluding hydrogens is 255 g/mol. The molecule has 0 aromatic heterocycles. The Morgan fingerprint density at radius 1 is 1.20 bits per heavy atom. The van der Waals surface area contributed by atoms with Crippen molar-refractivity contribution in [3.05, 3.63) is 59.0 Å². The van der Waals surface area contributed by atoms with Gasteiger partial charge in [0, 0.05) is 12.0 Å². The molecule has 3 rings (SSSR count). The van der Waals surface area contributed by atoms with Crippen LogP contribution in [-0.2, 0) is 4.79 Å². The standard InChI is InChI=1S/C17H15FO2/c1-20-17-8-6-12(10-15(17)18)11-3-2-4-14-13(9-11)5-7-16(14)19/h3-4,6,8-10H,2,5,7H2,1H3. The molecule has 0 bridgehead atoms. The molecular formula is C17H15FO2. The Kier molecular flexibility index (Phi) is 3.26. The summed E-state index contributed by atoms with van der Waals surface area (Å²) in [5, 5.41) is 0. The van der Waals surface area contributed by atoms with E-state index < -0.39 is 0 Å². The van der Waals surface area contributed by atoms with Gasteiger partial charge < -0.3 is 4.74 Å². The quantitative estimate of drug-likeness (QED) is 0.816. The molecule has 1 saturated carbocycles. The Bertz CT molecular complexity index is 666. The number of fused-ring (bicyclic) bond motifs is 1. The molecule has 20 heavy (non-hydrogen) atoms. The topological polar surface area (TPSA) is 26.3 Å². The van der Waals surface area contributed by atoms with E-state index in [-0.39, 0.29) is 17.3 Å². The highest BCUT2D eigenvalue weighted by Gasteiger charge is 2.23. The number of hydrogen-bond donors (Lipinski definition) is 0. The zero-order valence-corrected chi connectivity index (χ0v) is 11.3. The summed E-state index contributed by atoms with van der Waals surface area (Å²) in [6.07, 6.45) is 8.05. The van der Waals surface area contributed by atoms with E-state index in [0.29, 0.717) is 12.8 Å². The van der Waals surface area contributed by atoms with Crippen LogP contribution in [0.4, 0.5) is 4.39 Å². The molecule has 3 heteroatoms. The second kappa shape index (κ2) is 5.08. The first kappa shape index (κ1) is 12.9. The van der Waals surface area contributed by atoms with Crippen molar-refractivity contribution in [1.82, 2.24) is 0 Å². The summed E-state index contributed by atoms with van der Waals surface area (Å²) < 4.78 is 18.7. The van der Waals surface area contributed by atoms with Gasteiger partial charge in [-0.2, -0.15) is 0 Å². The van der Waals surface area contributed by atoms with Gasteiger partial charge in [-0.3, -0.25) is 4.79 Å². The number of rotatable bonds is 2. The smallest absolute Gasteiger partial charge is 0.165 e. The molecule has 0 spiro atoms. The van der Waals surface area contributed by atoms with Crippen molar-refractivity contribution in [3.8, 4) is 5.75 Å². The molecule has 0 radical (unpaired) electrons. The van der Waals surface area contributed by atoms with Crippen molar-refractivity contribution in [2.24, 2.45) is 0 Å². The lowest BCUT2D eigenvalue weighted by Crippen LogP contribution is -1.92. The Morgan fingerprint density at radius 2 is 2.05 bits per heavy atom. The molecule has 0 aliphatic heterocycles. The molecule has 0 N–H and O–H groups in total. The highest BCUT2D eigenvalue weighted by molar-refractivity contribution is 6.04. The van der Waals surface area contributed by atoms with Crippen molar-refractivity contribution in [3.63, 3.8) is 0 Å². The SMILES string of the molecule is COc1ccc(C2=CCC=C3C(=O)CCC3=C2)cc1F. The van der Waals surface area contributed by atoms with Gasteiger partial charge in [-0.1, -0.05) is 24.3 Å². The van der Waals surface area contributed by atoms with Gasteiger partial charge in [0.05, 0.1) is 7.11 Å². The number of halogens is 1. The summed E-state index contributed by atoms with van der Waals surface area (Å²) in [7, 11) is 1.45. The third-order valence-corrected chi connectivity index (χ3v) is 3.74. The lowest BCUT2D eigenvalue weighted by molar-refractivity contribution is -0.114. The number of ketones is 1. The van der Waals surface area contributed by atoms with Crippen LogP contribution in [0, 0.1) is 5.82 Å². The summed E-state index contributed by atoms with van der Waals surface area (Å²) in [4.78, 5) is 11.7. The Balaban J connectivity index is 1.98. The predicted molar refractivity (Wildman–Crippen MR) is 76.0 cm³/mol. The first-order chi connectivity index (χ1) is 9.69. The molecule has 1 fully saturated rings. The van der Waals surface area contributed by atoms with Gasteiger partial charge in [-0.15, -0.1) is 0 Å². The van der Waals surface area contributed by atoms with Crippen LogP contribution in [0.2, 0.25) is 0 Å². The largest absolute Gasteiger partial charge is 0.494 e. The average molecular weight is 270 g/mol. The molecule has 0 unspecified atom stereocenters. The van der Waals surface area contributed by atoms with Crippen LogP contribution in [-0.4, -0.2) is 12.9 Å². The fourth-order valence-corrected chi connectivity index (χ4v) is 2.69. The van der Waals surface area contributed by atoms with E-state index >= 15 is 0 Å². The molecule has 2 aliphatic carbocycles. The predicted octanol–water partition coefficient (Wildman–Crippen LogP) is 3.84. The second-order valence-electron chi connectivity index (χ2n) is 4.96. The van der Waals surface area contributed by atoms with Crippen molar-refractivity contribution >= 4 is 11.4 Å². The molecule has 0 saturated heterocycles. The lowest BCUT2D eigenvalue weighted by atomic mass is 10.0. The molecule has 0 heterocycles. The lowest BCUT2D eigenvalue weighted by Gasteiger charge is -2.07. The maximum atomic E-state index is 13.8. The first-order valence-electron chi connectivity index (χ1n) is 6.67. The number of hydrogen-bond acceptors (Lipinski definition) is 2. The van der Waals surface area contributed by atoms with Gasteiger partial charge in [0.25, 0.3) is 0 Å². The van der Waals surface area contributed by atoms with E-state index in [9.17, 15) is 9.18 Å². The van der Waals surface area contributed by atoms with Gasteiger partial charge in [-0.25, -0.2) is 4.39 Å². The summed E-state index contributed by atoms with van der Waals surface area (Å²) >= 11 is 0. The zero-order valence-electron chi connectivity index (χ0n) is 11.3. The maximum Gasteiger partial charge on any atom is 0.165 e. The molecule has 2 nitrogen and oxygen atoms in total. The Labute approximate surface area is 117 Å². The van der Waals surface area contributed by atoms with Gasteiger partial charge in [-0.05, 0) is 41.7 Å². The number of methoxy groups -OCH3 is 1. The van der Waals surface area contributed by atoms with Crippen LogP contribution in [0.5, 0.6) is 5.75 Å². The van der Waals surface area contributed by atoms with Crippen molar-refractivity contribution in [2.75, 3.05) is 7.11 Å². The van der Waals surface area contributed by atoms with E-state index in [0.717, 1.165) is 28.7 Å². The minimum absolute atomic E-state index is 0.215. The normalized spacial score (nSPS) is 17.9. The highest BCUT2D eigenvalue weighted by atomic mass is 19.1. The van der Waals surface area contributed by atoms with Crippen LogP contribution < -0.4 is 4.74 Å². The molecule has 1 aromatic carbocycles. The molecule has 0 amide bonds. The molecule has 1 aromatic rings. The number of carbonyl (C=O) groups excluding carboxylic acids is 1. The van der Waals surface area contributed by atoms with Crippen LogP contribution in [0.15, 0.2) is 47.6 Å². The summed E-state index contributed by atoms with van der Waals surface area (Å²) in [5.74, 6) is 0.0847. The highest BCUT2D eigenvalue weighted by Crippen LogP contribution is 2.34. The molecule has 0 atom stereocenters. The second-order valence-corrected chi connectivity index (χ2v) is 4.96. The van der Waals surface area contributed by atoms with Gasteiger partial charge >= 0.3 is 0 Å². The zero-order chi connectivity index (χ0) is 14.1. The summed E-state index contributed by atoms with van der Waals surface area (Å²) in [6.45, 7) is 0. The maximum absolute atomic E-state index is 13.8. The number of Topliss-reactive ketones (excluding diaryl/α,β-unsaturated/α-hetero) is 1. The summed E-state index contributed by atoms with van der Waals surface area (Å²) in [6, 6.07) is 4.94. The van der Waals surface area contributed by atoms with Crippen LogP contribution in [0.1, 0.15) is 24.8 Å². The number of carbonyl (C=O) groups is 1. The van der Waals surface area contributed by atoms with E-state index in [1.165, 1.54) is 13.2 Å². The number of benzene rings is 1. The number of ether oxygens (including phenoxy) is 1. The molecule has 2 aliphatic rings. The van der Waals surface area contributed by atoms with E-state index in [2.05, 4.69) is 0 Å². The average Bonchev–Trinajstić information content (AvgIpc) is 2.68. The Hall–Kier alpha value is -2.16. The summed E-state index contributed by atoms with van der Waals surface area (Å²) in [5.41, 5.74) is 3.67. The van der Waals surface area contributed by atoms with Crippen LogP contribution in [0.25, 0.3) is 5.57 Å². The molecule has 102 valence electrons. The van der Waals surface area contributed by atoms with Gasteiger partial charge in [0.2, 0.25) is 0 Å². The van der Waals surface area contributed by atoms with Gasteiger partial charge in [0.1, 0.15) is 0 Å². The third kappa shape index (κ3) is 2.20. The van der Waals surface area contributed by atoms with Crippen molar-refractivity contribution in [1.29, 1.82) is 0 Å². The Morgan fingerprint density at radius 3 is 2.80 bits per heavy atom. The van der Waals surface area contributed by atoms with Crippen LogP contribution in [0.3, 0.4) is 0 Å². The van der Waals surface area contributed by atoms with Crippen LogP contribution >= 0.6 is 0 Å². The van der Waals surface area contributed by atoms with E-state index in [1.807, 2.05) is 24.3 Å². The third-order valence-electron chi connectivity index (χ3n) is 3.74. The van der Waals surface area contributed by atoms with Crippen molar-refractivity contribution in [2.45, 2.75) is 19.3 Å². The fraction of sp³-hybridized carbons (Fsp3) is 0.235. The minimum atomic E-state index is -0.371. The monoisotopic (exact) mass is 270 g/mol. The van der Waals surface area contributed by atoms with E-state index in [1.54, 1.807) is 6.07 Å². The van der Waals surface area contributed by atoms with Crippen molar-refractivity contribution < 1.29 is 13.9 Å². The minimum Gasteiger partial charge on any atom is -0.494 e. The number of allylic oxidation sites excluding steroid dienone is 6. The van der Waals surface area contributed by atoms with E-state index in [4.69, 9.17) is 4.74 Å². The first-order valence-corrected chi connectivity index (χ1v) is 6.67. The fourth-order valence-electron chi connectivity index (χ4n) is 2.69. The van der Waals surface area contributed by atoms with Gasteiger partial charge in [0.15, 0.2) is 17.3 Å².